The normalized spacial score (nSPS) is 21.9. The molecule has 3 aliphatic rings. The second-order valence-corrected chi connectivity index (χ2v) is 29.4. The number of hydrogen-bond acceptors (Lipinski definition) is 2. The van der Waals surface area contributed by atoms with Crippen molar-refractivity contribution in [3.05, 3.63) is 184 Å². The Morgan fingerprint density at radius 1 is 0.985 bits per heavy atom. The Labute approximate surface area is 400 Å². The van der Waals surface area contributed by atoms with Crippen molar-refractivity contribution in [1.29, 1.82) is 0 Å². The number of allylic oxidation sites excluding steroid dienone is 13. The molecule has 0 amide bonds. The van der Waals surface area contributed by atoms with Crippen molar-refractivity contribution in [2.45, 2.75) is 154 Å². The molecule has 1 heterocycles. The van der Waals surface area contributed by atoms with E-state index in [0.29, 0.717) is 17.8 Å². The summed E-state index contributed by atoms with van der Waals surface area (Å²) in [6.45, 7) is 30.7. The van der Waals surface area contributed by atoms with Gasteiger partial charge in [-0.2, -0.15) is 10.9 Å². The van der Waals surface area contributed by atoms with Crippen molar-refractivity contribution < 1.29 is 0 Å². The fourth-order valence-corrected chi connectivity index (χ4v) is 15.4. The van der Waals surface area contributed by atoms with Crippen molar-refractivity contribution in [1.82, 2.24) is 4.98 Å². The van der Waals surface area contributed by atoms with Gasteiger partial charge in [-0.15, -0.1) is 6.58 Å². The lowest BCUT2D eigenvalue weighted by Gasteiger charge is -2.42. The number of hydrogen-bond donors (Lipinski definition) is 1. The van der Waals surface area contributed by atoms with Crippen molar-refractivity contribution in [2.75, 3.05) is 0 Å². The van der Waals surface area contributed by atoms with Crippen LogP contribution in [0, 0.1) is 23.2 Å². The SMILES string of the molecule is C=CC(C)(C)CCC/C=N/[C@@H](CC(C)C1=C(C)C(c2cccc([C@@](C)(C3=CC(C)CC3)[SH](/C=C3/C=CC=C3C)c3ccccc3)c2)=C[C@H](/C=C/CC(CC)[Si](C)(C)C)C1)c1ccncc1. The molecule has 3 aliphatic carbocycles. The van der Waals surface area contributed by atoms with E-state index in [4.69, 9.17) is 4.99 Å². The Hall–Kier alpha value is -4.25. The first-order valence-corrected chi connectivity index (χ1v) is 29.9. The molecule has 4 heteroatoms. The molecule has 2 aromatic carbocycles. The minimum Gasteiger partial charge on any atom is -0.289 e. The molecule has 0 radical (unpaired) electrons. The number of nitrogens with zero attached hydrogens (tertiary/aromatic N) is 2. The van der Waals surface area contributed by atoms with E-state index in [0.717, 1.165) is 44.1 Å². The number of thiol groups is 1. The first-order valence-electron chi connectivity index (χ1n) is 24.9. The Kier molecular flexibility index (Phi) is 17.4. The number of aromatic nitrogens is 1. The molecule has 0 spiro atoms. The van der Waals surface area contributed by atoms with Crippen molar-refractivity contribution in [3.63, 3.8) is 0 Å². The zero-order valence-corrected chi connectivity index (χ0v) is 44.0. The summed E-state index contributed by atoms with van der Waals surface area (Å²) >= 11 is 0. The number of rotatable bonds is 21. The highest BCUT2D eigenvalue weighted by Gasteiger charge is 2.39. The number of benzene rings is 2. The monoisotopic (exact) mass is 903 g/mol. The first kappa shape index (κ1) is 50.2. The predicted molar refractivity (Wildman–Crippen MR) is 292 cm³/mol. The summed E-state index contributed by atoms with van der Waals surface area (Å²) in [6.07, 6.45) is 35.3. The van der Waals surface area contributed by atoms with Gasteiger partial charge in [-0.3, -0.25) is 9.98 Å². The van der Waals surface area contributed by atoms with E-state index in [9.17, 15) is 0 Å². The van der Waals surface area contributed by atoms with Crippen LogP contribution in [0.15, 0.2) is 177 Å². The van der Waals surface area contributed by atoms with Gasteiger partial charge >= 0.3 is 0 Å². The zero-order chi connectivity index (χ0) is 46.8. The van der Waals surface area contributed by atoms with Gasteiger partial charge in [0.05, 0.1) is 6.04 Å². The highest BCUT2D eigenvalue weighted by molar-refractivity contribution is 8.20. The van der Waals surface area contributed by atoms with Gasteiger partial charge in [-0.25, -0.2) is 0 Å². The van der Waals surface area contributed by atoms with E-state index in [2.05, 4.69) is 214 Å². The summed E-state index contributed by atoms with van der Waals surface area (Å²) < 4.78 is -0.174. The molecule has 0 N–H and O–H groups in total. The summed E-state index contributed by atoms with van der Waals surface area (Å²) in [6, 6.07) is 25.6. The van der Waals surface area contributed by atoms with Crippen LogP contribution in [0.3, 0.4) is 0 Å². The molecule has 2 nitrogen and oxygen atoms in total. The maximum atomic E-state index is 5.32. The molecule has 346 valence electrons. The summed E-state index contributed by atoms with van der Waals surface area (Å²) in [5.74, 6) is 1.27. The van der Waals surface area contributed by atoms with Crippen molar-refractivity contribution >= 4 is 30.8 Å². The van der Waals surface area contributed by atoms with Gasteiger partial charge in [0.1, 0.15) is 0 Å². The van der Waals surface area contributed by atoms with Gasteiger partial charge in [-0.05, 0) is 187 Å². The third kappa shape index (κ3) is 12.8. The Morgan fingerprint density at radius 2 is 1.74 bits per heavy atom. The quantitative estimate of drug-likeness (QED) is 0.0372. The van der Waals surface area contributed by atoms with Crippen LogP contribution in [-0.4, -0.2) is 19.3 Å². The molecule has 0 aliphatic heterocycles. The van der Waals surface area contributed by atoms with Gasteiger partial charge in [-0.1, -0.05) is 157 Å². The molecule has 0 saturated heterocycles. The largest absolute Gasteiger partial charge is 0.289 e. The summed E-state index contributed by atoms with van der Waals surface area (Å²) in [5, 5.41) is 2.63. The highest BCUT2D eigenvalue weighted by atomic mass is 32.2. The predicted octanol–water partition coefficient (Wildman–Crippen LogP) is 18.1. The fourth-order valence-electron chi connectivity index (χ4n) is 10.5. The topological polar surface area (TPSA) is 25.2 Å². The summed E-state index contributed by atoms with van der Waals surface area (Å²) in [7, 11) is -2.03. The summed E-state index contributed by atoms with van der Waals surface area (Å²) in [4.78, 5) is 11.1. The van der Waals surface area contributed by atoms with Gasteiger partial charge in [0, 0.05) is 25.2 Å². The van der Waals surface area contributed by atoms with Crippen LogP contribution in [0.2, 0.25) is 25.2 Å². The van der Waals surface area contributed by atoms with Gasteiger partial charge in [0.2, 0.25) is 0 Å². The summed E-state index contributed by atoms with van der Waals surface area (Å²) in [5.41, 5.74) is 13.7. The number of pyridine rings is 1. The third-order valence-corrected chi connectivity index (χ3v) is 21.1. The molecule has 65 heavy (non-hydrogen) atoms. The standard InChI is InChI=1S/C61H82N2SSi/c1-13-56(65(10,11)12)30-21-24-49-41-57(47(5)40-59(50-33-37-62-38-34-50)63-36-19-18-35-60(7,8)14-2)48(6)58(42-49)51-25-22-27-53(43-51)61(9,54-32-31-45(3)39-54)64(55-28-16-15-17-29-55)44-52-26-20-23-46(52)4/h14-17,20-29,33-34,36-39,42-45,47,49,56,59,64H,2,13,18-19,30-32,35,40-41H2,1,3-12H3/b24-21+,52-44-,63-36+/t45?,47?,49-,56?,59+,61+/m1/s1. The van der Waals surface area contributed by atoms with E-state index in [1.807, 2.05) is 12.4 Å². The van der Waals surface area contributed by atoms with Crippen LogP contribution in [0.1, 0.15) is 136 Å². The van der Waals surface area contributed by atoms with Gasteiger partial charge < -0.3 is 0 Å². The van der Waals surface area contributed by atoms with Crippen LogP contribution in [0.4, 0.5) is 0 Å². The molecule has 0 fully saturated rings. The van der Waals surface area contributed by atoms with Gasteiger partial charge in [0.15, 0.2) is 0 Å². The minimum atomic E-state index is -1.26. The number of unbranched alkanes of at least 4 members (excludes halogenated alkanes) is 1. The molecular formula is C61H82N2SSi. The fraction of sp³-hybridized carbons (Fsp3) is 0.443. The zero-order valence-electron chi connectivity index (χ0n) is 42.1. The second kappa shape index (κ2) is 22.5. The third-order valence-electron chi connectivity index (χ3n) is 15.1. The Morgan fingerprint density at radius 3 is 2.38 bits per heavy atom. The van der Waals surface area contributed by atoms with E-state index in [1.165, 1.54) is 63.1 Å². The van der Waals surface area contributed by atoms with E-state index in [1.54, 1.807) is 11.1 Å². The molecule has 7 atom stereocenters. The number of aliphatic imine (C=N–C) groups is 1. The molecule has 6 rings (SSSR count). The maximum Gasteiger partial charge on any atom is 0.0751 e. The average molecular weight is 903 g/mol. The molecule has 3 aromatic rings. The Bertz CT molecular complexity index is 2330. The molecule has 1 aromatic heterocycles. The molecular weight excluding hydrogens is 821 g/mol. The van der Waals surface area contributed by atoms with Crippen LogP contribution in [0.25, 0.3) is 5.57 Å². The lowest BCUT2D eigenvalue weighted by molar-refractivity contribution is 0.427. The lowest BCUT2D eigenvalue weighted by atomic mass is 9.75. The first-order chi connectivity index (χ1) is 31.0. The molecule has 0 saturated carbocycles. The molecule has 4 unspecified atom stereocenters. The minimum absolute atomic E-state index is 0.0804. The maximum absolute atomic E-state index is 5.32. The van der Waals surface area contributed by atoms with Crippen molar-refractivity contribution in [3.8, 4) is 0 Å². The molecule has 0 bridgehead atoms. The highest BCUT2D eigenvalue weighted by Crippen LogP contribution is 2.62. The van der Waals surface area contributed by atoms with E-state index >= 15 is 0 Å². The van der Waals surface area contributed by atoms with E-state index in [-0.39, 0.29) is 16.2 Å². The van der Waals surface area contributed by atoms with Crippen LogP contribution < -0.4 is 0 Å². The second-order valence-electron chi connectivity index (χ2n) is 21.4. The van der Waals surface area contributed by atoms with Crippen LogP contribution >= 0.6 is 10.9 Å². The lowest BCUT2D eigenvalue weighted by Crippen LogP contribution is -2.27. The smallest absolute Gasteiger partial charge is 0.0751 e. The van der Waals surface area contributed by atoms with Crippen LogP contribution in [-0.2, 0) is 4.75 Å². The van der Waals surface area contributed by atoms with E-state index < -0.39 is 19.0 Å². The van der Waals surface area contributed by atoms with Crippen molar-refractivity contribution in [2.24, 2.45) is 28.2 Å². The Balaban J connectivity index is 1.43. The average Bonchev–Trinajstić information content (AvgIpc) is 3.93. The van der Waals surface area contributed by atoms with Crippen LogP contribution in [0.5, 0.6) is 0 Å². The van der Waals surface area contributed by atoms with Gasteiger partial charge in [0.25, 0.3) is 0 Å².